The van der Waals surface area contributed by atoms with E-state index in [1.165, 1.54) is 6.07 Å². The second-order valence-electron chi connectivity index (χ2n) is 6.02. The van der Waals surface area contributed by atoms with E-state index < -0.39 is 12.1 Å². The second kappa shape index (κ2) is 8.10. The molecule has 9 heteroatoms. The van der Waals surface area contributed by atoms with Crippen LogP contribution in [0.4, 0.5) is 0 Å². The number of aryl methyl sites for hydroxylation is 1. The zero-order chi connectivity index (χ0) is 20.3. The molecule has 0 saturated carbocycles. The maximum Gasteiger partial charge on any atom is 0.317 e. The van der Waals surface area contributed by atoms with E-state index in [4.69, 9.17) is 4.74 Å². The summed E-state index contributed by atoms with van der Waals surface area (Å²) in [6.07, 6.45) is -0.766. The number of pyridine rings is 1. The quantitative estimate of drug-likeness (QED) is 0.499. The zero-order valence-electron chi connectivity index (χ0n) is 15.1. The maximum atomic E-state index is 12.2. The molecule has 0 bridgehead atoms. The monoisotopic (exact) mass is 396 g/mol. The van der Waals surface area contributed by atoms with Crippen LogP contribution in [-0.4, -0.2) is 26.7 Å². The van der Waals surface area contributed by atoms with Crippen LogP contribution >= 0.6 is 11.8 Å². The third kappa shape index (κ3) is 4.13. The average Bonchev–Trinajstić information content (AvgIpc) is 2.66. The van der Waals surface area contributed by atoms with Gasteiger partial charge in [0.15, 0.2) is 11.9 Å². The lowest BCUT2D eigenvalue weighted by molar-refractivity contribution is -0.145. The summed E-state index contributed by atoms with van der Waals surface area (Å²) in [6.45, 7) is 3.25. The normalized spacial score (nSPS) is 11.8. The van der Waals surface area contributed by atoms with Crippen molar-refractivity contribution >= 4 is 28.6 Å². The molecule has 3 rings (SSSR count). The fourth-order valence-electron chi connectivity index (χ4n) is 2.62. The first-order valence-corrected chi connectivity index (χ1v) is 9.33. The maximum absolute atomic E-state index is 12.2. The van der Waals surface area contributed by atoms with E-state index in [1.54, 1.807) is 38.1 Å². The molecular formula is C19H16N4O4S. The third-order valence-electron chi connectivity index (χ3n) is 3.98. The molecule has 0 aliphatic heterocycles. The first kappa shape index (κ1) is 19.4. The summed E-state index contributed by atoms with van der Waals surface area (Å²) < 4.78 is 5.33. The Kier molecular flexibility index (Phi) is 5.61. The van der Waals surface area contributed by atoms with Crippen molar-refractivity contribution in [2.24, 2.45) is 0 Å². The Morgan fingerprint density at radius 2 is 2.07 bits per heavy atom. The van der Waals surface area contributed by atoms with Gasteiger partial charge in [0.05, 0.1) is 27.2 Å². The van der Waals surface area contributed by atoms with Gasteiger partial charge < -0.3 is 14.7 Å². The van der Waals surface area contributed by atoms with Gasteiger partial charge >= 0.3 is 5.97 Å². The van der Waals surface area contributed by atoms with Crippen molar-refractivity contribution in [3.05, 3.63) is 68.0 Å². The lowest BCUT2D eigenvalue weighted by Crippen LogP contribution is -2.18. The summed E-state index contributed by atoms with van der Waals surface area (Å²) in [4.78, 5) is 45.4. The minimum atomic E-state index is -0.766. The Morgan fingerprint density at radius 1 is 1.32 bits per heavy atom. The molecule has 8 nitrogen and oxygen atoms in total. The van der Waals surface area contributed by atoms with E-state index >= 15 is 0 Å². The number of fused-ring (bicyclic) bond motifs is 1. The highest BCUT2D eigenvalue weighted by Gasteiger charge is 2.17. The van der Waals surface area contributed by atoms with Gasteiger partial charge in [0.2, 0.25) is 5.56 Å². The molecule has 3 aromatic rings. The first-order chi connectivity index (χ1) is 13.4. The van der Waals surface area contributed by atoms with Gasteiger partial charge in [-0.2, -0.15) is 5.26 Å². The highest BCUT2D eigenvalue weighted by Crippen LogP contribution is 2.22. The summed E-state index contributed by atoms with van der Waals surface area (Å²) in [5.41, 5.74) is 0.696. The van der Waals surface area contributed by atoms with Crippen LogP contribution in [0, 0.1) is 18.3 Å². The summed E-state index contributed by atoms with van der Waals surface area (Å²) in [5.74, 6) is -0.445. The number of carbonyl (C=O) groups excluding carboxylic acids is 1. The van der Waals surface area contributed by atoms with Crippen LogP contribution in [0.2, 0.25) is 0 Å². The van der Waals surface area contributed by atoms with Gasteiger partial charge in [0.25, 0.3) is 5.56 Å². The molecule has 0 aliphatic rings. The molecule has 0 amide bonds. The molecule has 0 saturated heterocycles. The predicted octanol–water partition coefficient (Wildman–Crippen LogP) is 2.19. The molecule has 2 aromatic heterocycles. The number of aromatic nitrogens is 3. The molecule has 0 fully saturated rings. The van der Waals surface area contributed by atoms with Crippen LogP contribution in [0.3, 0.4) is 0 Å². The van der Waals surface area contributed by atoms with Crippen molar-refractivity contribution in [1.29, 1.82) is 5.26 Å². The number of hydrogen-bond acceptors (Lipinski definition) is 7. The largest absolute Gasteiger partial charge is 0.454 e. The summed E-state index contributed by atoms with van der Waals surface area (Å²) in [7, 11) is 0. The number of carbonyl (C=O) groups is 1. The molecule has 142 valence electrons. The van der Waals surface area contributed by atoms with Gasteiger partial charge in [0, 0.05) is 6.07 Å². The van der Waals surface area contributed by atoms with Gasteiger partial charge in [-0.3, -0.25) is 14.4 Å². The Bertz CT molecular complexity index is 1210. The van der Waals surface area contributed by atoms with Crippen LogP contribution in [0.1, 0.15) is 30.0 Å². The van der Waals surface area contributed by atoms with Crippen molar-refractivity contribution in [2.75, 3.05) is 5.75 Å². The van der Waals surface area contributed by atoms with E-state index in [-0.39, 0.29) is 22.7 Å². The van der Waals surface area contributed by atoms with Crippen LogP contribution in [-0.2, 0) is 9.53 Å². The molecular weight excluding hydrogens is 380 g/mol. The van der Waals surface area contributed by atoms with E-state index in [0.29, 0.717) is 27.1 Å². The van der Waals surface area contributed by atoms with Gasteiger partial charge in [-0.1, -0.05) is 23.9 Å². The molecule has 1 atom stereocenters. The van der Waals surface area contributed by atoms with Crippen molar-refractivity contribution < 1.29 is 9.53 Å². The van der Waals surface area contributed by atoms with Crippen molar-refractivity contribution in [1.82, 2.24) is 15.0 Å². The minimum Gasteiger partial charge on any atom is -0.454 e. The standard InChI is InChI=1S/C19H16N4O4S/c1-10-7-15(24)22-19(13(10)8-20)28-9-16(25)27-11(2)17-21-14-6-4-3-5-12(14)18(26)23-17/h3-7,11H,9H2,1-2H3,(H,22,24)(H,21,23,26)/t11-/m0/s1. The van der Waals surface area contributed by atoms with Gasteiger partial charge in [-0.15, -0.1) is 0 Å². The van der Waals surface area contributed by atoms with E-state index in [2.05, 4.69) is 15.0 Å². The highest BCUT2D eigenvalue weighted by molar-refractivity contribution is 7.99. The number of H-pyrrole nitrogens is 2. The van der Waals surface area contributed by atoms with Gasteiger partial charge in [-0.25, -0.2) is 4.98 Å². The average molecular weight is 396 g/mol. The van der Waals surface area contributed by atoms with Crippen LogP contribution in [0.25, 0.3) is 10.9 Å². The van der Waals surface area contributed by atoms with Crippen molar-refractivity contribution in [3.8, 4) is 6.07 Å². The lowest BCUT2D eigenvalue weighted by atomic mass is 10.2. The SMILES string of the molecule is Cc1cc(=O)[nH]c(SCC(=O)O[C@@H](C)c2nc3ccccc3c(=O)[nH]2)c1C#N. The van der Waals surface area contributed by atoms with E-state index in [9.17, 15) is 19.6 Å². The molecule has 0 radical (unpaired) electrons. The van der Waals surface area contributed by atoms with E-state index in [1.807, 2.05) is 6.07 Å². The lowest BCUT2D eigenvalue weighted by Gasteiger charge is -2.13. The molecule has 0 unspecified atom stereocenters. The number of nitrogens with one attached hydrogen (secondary N) is 2. The molecule has 0 aliphatic carbocycles. The Labute approximate surface area is 163 Å². The molecule has 1 aromatic carbocycles. The molecule has 0 spiro atoms. The minimum absolute atomic E-state index is 0.115. The van der Waals surface area contributed by atoms with Gasteiger partial charge in [0.1, 0.15) is 6.07 Å². The Morgan fingerprint density at radius 3 is 2.82 bits per heavy atom. The number of nitriles is 1. The van der Waals surface area contributed by atoms with Crippen LogP contribution in [0.5, 0.6) is 0 Å². The summed E-state index contributed by atoms with van der Waals surface area (Å²) in [6, 6.07) is 10.2. The van der Waals surface area contributed by atoms with Crippen LogP contribution < -0.4 is 11.1 Å². The molecule has 28 heavy (non-hydrogen) atoms. The molecule has 2 N–H and O–H groups in total. The number of aromatic amines is 2. The predicted molar refractivity (Wildman–Crippen MR) is 104 cm³/mol. The van der Waals surface area contributed by atoms with Crippen molar-refractivity contribution in [2.45, 2.75) is 25.0 Å². The highest BCUT2D eigenvalue weighted by atomic mass is 32.2. The van der Waals surface area contributed by atoms with E-state index in [0.717, 1.165) is 11.8 Å². The smallest absolute Gasteiger partial charge is 0.317 e. The number of para-hydroxylation sites is 1. The number of benzene rings is 1. The van der Waals surface area contributed by atoms with Crippen molar-refractivity contribution in [3.63, 3.8) is 0 Å². The molecule has 2 heterocycles. The fraction of sp³-hybridized carbons (Fsp3) is 0.211. The zero-order valence-corrected chi connectivity index (χ0v) is 15.9. The number of hydrogen-bond donors (Lipinski definition) is 2. The Balaban J connectivity index is 1.71. The number of ether oxygens (including phenoxy) is 1. The van der Waals surface area contributed by atoms with Crippen LogP contribution in [0.15, 0.2) is 44.9 Å². The fourth-order valence-corrected chi connectivity index (χ4v) is 3.47. The second-order valence-corrected chi connectivity index (χ2v) is 7.01. The third-order valence-corrected chi connectivity index (χ3v) is 4.95. The summed E-state index contributed by atoms with van der Waals surface area (Å²) >= 11 is 1.01. The number of nitrogens with zero attached hydrogens (tertiary/aromatic N) is 2. The number of rotatable bonds is 5. The summed E-state index contributed by atoms with van der Waals surface area (Å²) in [5, 5.41) is 9.98. The number of thioether (sulfide) groups is 1. The Hall–Kier alpha value is -3.38. The topological polar surface area (TPSA) is 129 Å². The van der Waals surface area contributed by atoms with Gasteiger partial charge in [-0.05, 0) is 31.5 Å². The first-order valence-electron chi connectivity index (χ1n) is 8.34. The number of esters is 1.